The van der Waals surface area contributed by atoms with Gasteiger partial charge in [0.2, 0.25) is 0 Å². The first-order valence-electron chi connectivity index (χ1n) is 5.60. The van der Waals surface area contributed by atoms with Gasteiger partial charge in [-0.25, -0.2) is 0 Å². The van der Waals surface area contributed by atoms with Crippen LogP contribution in [0.25, 0.3) is 0 Å². The third kappa shape index (κ3) is 1.95. The third-order valence-electron chi connectivity index (χ3n) is 3.21. The molecule has 2 aliphatic rings. The predicted molar refractivity (Wildman–Crippen MR) is 61.5 cm³/mol. The van der Waals surface area contributed by atoms with Gasteiger partial charge in [-0.05, 0) is 18.4 Å². The van der Waals surface area contributed by atoms with Crippen LogP contribution in [-0.2, 0) is 13.6 Å². The summed E-state index contributed by atoms with van der Waals surface area (Å²) in [6.45, 7) is 1.57. The molecule has 2 atom stereocenters. The Balaban J connectivity index is 1.89. The standard InChI is InChI=1S/C12H15O3P/c1-16(13)14-11(9-12(15-16)7-8-12)10-5-3-2-4-6-10/h2-6,11H,7-9H2,1H3. The molecule has 1 saturated carbocycles. The molecule has 2 unspecified atom stereocenters. The van der Waals surface area contributed by atoms with E-state index in [9.17, 15) is 4.57 Å². The molecular formula is C12H15O3P. The Morgan fingerprint density at radius 2 is 2.00 bits per heavy atom. The molecule has 1 aromatic carbocycles. The van der Waals surface area contributed by atoms with Gasteiger partial charge in [-0.2, -0.15) is 0 Å². The lowest BCUT2D eigenvalue weighted by atomic mass is 10.0. The van der Waals surface area contributed by atoms with E-state index in [1.54, 1.807) is 6.66 Å². The molecule has 86 valence electrons. The first-order chi connectivity index (χ1) is 7.59. The van der Waals surface area contributed by atoms with Gasteiger partial charge in [0, 0.05) is 13.1 Å². The minimum Gasteiger partial charge on any atom is -0.302 e. The molecule has 4 heteroatoms. The molecule has 16 heavy (non-hydrogen) atoms. The molecule has 1 aliphatic carbocycles. The highest BCUT2D eigenvalue weighted by Crippen LogP contribution is 2.65. The van der Waals surface area contributed by atoms with Crippen molar-refractivity contribution in [2.24, 2.45) is 0 Å². The van der Waals surface area contributed by atoms with Crippen molar-refractivity contribution in [3.63, 3.8) is 0 Å². The Kier molecular flexibility index (Phi) is 2.25. The van der Waals surface area contributed by atoms with Gasteiger partial charge in [0.15, 0.2) is 0 Å². The average Bonchev–Trinajstić information content (AvgIpc) is 2.96. The molecule has 0 aromatic heterocycles. The molecule has 3 nitrogen and oxygen atoms in total. The smallest absolute Gasteiger partial charge is 0.302 e. The third-order valence-corrected chi connectivity index (χ3v) is 4.57. The SMILES string of the molecule is CP1(=O)OC(c2ccccc2)CC2(CC2)O1. The van der Waals surface area contributed by atoms with Crippen molar-refractivity contribution < 1.29 is 13.6 Å². The van der Waals surface area contributed by atoms with Gasteiger partial charge < -0.3 is 9.05 Å². The van der Waals surface area contributed by atoms with Gasteiger partial charge >= 0.3 is 7.60 Å². The molecular weight excluding hydrogens is 223 g/mol. The quantitative estimate of drug-likeness (QED) is 0.702. The van der Waals surface area contributed by atoms with Crippen LogP contribution in [0.5, 0.6) is 0 Å². The maximum Gasteiger partial charge on any atom is 0.328 e. The van der Waals surface area contributed by atoms with Crippen molar-refractivity contribution in [2.45, 2.75) is 31.0 Å². The summed E-state index contributed by atoms with van der Waals surface area (Å²) in [7, 11) is -2.87. The van der Waals surface area contributed by atoms with Crippen LogP contribution in [0.3, 0.4) is 0 Å². The summed E-state index contributed by atoms with van der Waals surface area (Å²) in [5.74, 6) is 0. The number of hydrogen-bond donors (Lipinski definition) is 0. The van der Waals surface area contributed by atoms with Gasteiger partial charge in [-0.15, -0.1) is 0 Å². The summed E-state index contributed by atoms with van der Waals surface area (Å²) in [4.78, 5) is 0. The zero-order valence-corrected chi connectivity index (χ0v) is 10.2. The highest BCUT2D eigenvalue weighted by Gasteiger charge is 2.54. The second-order valence-corrected chi connectivity index (χ2v) is 6.69. The van der Waals surface area contributed by atoms with Crippen LogP contribution in [-0.4, -0.2) is 12.3 Å². The topological polar surface area (TPSA) is 35.5 Å². The van der Waals surface area contributed by atoms with E-state index < -0.39 is 7.60 Å². The summed E-state index contributed by atoms with van der Waals surface area (Å²) < 4.78 is 23.2. The van der Waals surface area contributed by atoms with E-state index in [-0.39, 0.29) is 11.7 Å². The van der Waals surface area contributed by atoms with Gasteiger partial charge in [0.05, 0.1) is 11.7 Å². The van der Waals surface area contributed by atoms with E-state index in [0.717, 1.165) is 24.8 Å². The van der Waals surface area contributed by atoms with E-state index in [4.69, 9.17) is 9.05 Å². The normalized spacial score (nSPS) is 36.2. The van der Waals surface area contributed by atoms with Crippen molar-refractivity contribution in [1.29, 1.82) is 0 Å². The minimum absolute atomic E-state index is 0.0757. The lowest BCUT2D eigenvalue weighted by molar-refractivity contribution is 0.0185. The van der Waals surface area contributed by atoms with Crippen LogP contribution in [0.4, 0.5) is 0 Å². The number of hydrogen-bond acceptors (Lipinski definition) is 3. The fourth-order valence-corrected chi connectivity index (χ4v) is 3.96. The second-order valence-electron chi connectivity index (χ2n) is 4.75. The Morgan fingerprint density at radius 1 is 1.31 bits per heavy atom. The molecule has 0 bridgehead atoms. The van der Waals surface area contributed by atoms with Gasteiger partial charge in [-0.3, -0.25) is 4.57 Å². The molecule has 2 fully saturated rings. The van der Waals surface area contributed by atoms with Gasteiger partial charge in [0.1, 0.15) is 0 Å². The maximum absolute atomic E-state index is 12.0. The van der Waals surface area contributed by atoms with Crippen LogP contribution < -0.4 is 0 Å². The fourth-order valence-electron chi connectivity index (χ4n) is 2.30. The van der Waals surface area contributed by atoms with Crippen molar-refractivity contribution in [3.05, 3.63) is 35.9 Å². The van der Waals surface area contributed by atoms with Gasteiger partial charge in [-0.1, -0.05) is 30.3 Å². The number of rotatable bonds is 1. The van der Waals surface area contributed by atoms with Crippen LogP contribution in [0, 0.1) is 0 Å². The summed E-state index contributed by atoms with van der Waals surface area (Å²) in [5.41, 5.74) is 0.947. The van der Waals surface area contributed by atoms with E-state index in [1.807, 2.05) is 30.3 Å². The summed E-state index contributed by atoms with van der Waals surface area (Å²) in [5, 5.41) is 0. The Morgan fingerprint density at radius 3 is 2.62 bits per heavy atom. The number of benzene rings is 1. The largest absolute Gasteiger partial charge is 0.328 e. The van der Waals surface area contributed by atoms with Crippen LogP contribution >= 0.6 is 7.60 Å². The summed E-state index contributed by atoms with van der Waals surface area (Å²) in [6.07, 6.45) is 2.78. The summed E-state index contributed by atoms with van der Waals surface area (Å²) in [6, 6.07) is 9.97. The second kappa shape index (κ2) is 3.43. The van der Waals surface area contributed by atoms with E-state index in [2.05, 4.69) is 0 Å². The lowest BCUT2D eigenvalue weighted by Gasteiger charge is -2.34. The Bertz CT molecular complexity index is 439. The van der Waals surface area contributed by atoms with Crippen molar-refractivity contribution in [2.75, 3.05) is 6.66 Å². The van der Waals surface area contributed by atoms with Crippen LogP contribution in [0.15, 0.2) is 30.3 Å². The van der Waals surface area contributed by atoms with E-state index in [0.29, 0.717) is 0 Å². The molecule has 0 N–H and O–H groups in total. The molecule has 1 saturated heterocycles. The van der Waals surface area contributed by atoms with Gasteiger partial charge in [0.25, 0.3) is 0 Å². The molecule has 1 spiro atoms. The highest BCUT2D eigenvalue weighted by atomic mass is 31.2. The molecule has 3 rings (SSSR count). The van der Waals surface area contributed by atoms with Crippen molar-refractivity contribution in [1.82, 2.24) is 0 Å². The average molecular weight is 238 g/mol. The highest BCUT2D eigenvalue weighted by molar-refractivity contribution is 7.53. The zero-order chi connectivity index (χ0) is 11.2. The molecule has 1 aromatic rings. The van der Waals surface area contributed by atoms with E-state index >= 15 is 0 Å². The molecule has 1 aliphatic heterocycles. The van der Waals surface area contributed by atoms with Crippen molar-refractivity contribution >= 4 is 7.60 Å². The monoisotopic (exact) mass is 238 g/mol. The fraction of sp³-hybridized carbons (Fsp3) is 0.500. The minimum atomic E-state index is -2.87. The predicted octanol–water partition coefficient (Wildman–Crippen LogP) is 3.52. The molecule has 1 heterocycles. The first-order valence-corrected chi connectivity index (χ1v) is 7.59. The summed E-state index contributed by atoms with van der Waals surface area (Å²) >= 11 is 0. The van der Waals surface area contributed by atoms with Crippen LogP contribution in [0.2, 0.25) is 0 Å². The van der Waals surface area contributed by atoms with Crippen LogP contribution in [0.1, 0.15) is 30.9 Å². The van der Waals surface area contributed by atoms with Crippen molar-refractivity contribution in [3.8, 4) is 0 Å². The van der Waals surface area contributed by atoms with E-state index in [1.165, 1.54) is 0 Å². The first kappa shape index (κ1) is 10.5. The molecule has 0 radical (unpaired) electrons. The Labute approximate surface area is 95.3 Å². The lowest BCUT2D eigenvalue weighted by Crippen LogP contribution is -2.24. The maximum atomic E-state index is 12.0. The zero-order valence-electron chi connectivity index (χ0n) is 9.26. The molecule has 0 amide bonds. The Hall–Kier alpha value is -0.630.